The molecule has 0 aliphatic heterocycles. The van der Waals surface area contributed by atoms with Crippen LogP contribution in [0.3, 0.4) is 0 Å². The lowest BCUT2D eigenvalue weighted by Gasteiger charge is -2.12. The number of aryl methyl sites for hydroxylation is 2. The number of nitrogens with one attached hydrogen (secondary N) is 1. The van der Waals surface area contributed by atoms with Gasteiger partial charge in [-0.1, -0.05) is 18.5 Å². The van der Waals surface area contributed by atoms with Crippen molar-refractivity contribution in [2.75, 3.05) is 5.88 Å². The zero-order chi connectivity index (χ0) is 12.1. The SMILES string of the molecule is CCc1nn(C)c(CNC(C)CCCl)c1Cl. The summed E-state index contributed by atoms with van der Waals surface area (Å²) in [4.78, 5) is 0. The molecule has 0 saturated carbocycles. The highest BCUT2D eigenvalue weighted by molar-refractivity contribution is 6.31. The Hall–Kier alpha value is -0.250. The van der Waals surface area contributed by atoms with E-state index in [2.05, 4.69) is 24.3 Å². The lowest BCUT2D eigenvalue weighted by Crippen LogP contribution is -2.26. The molecule has 1 aromatic heterocycles. The standard InChI is InChI=1S/C11H19Cl2N3/c1-4-9-11(13)10(16(3)15-9)7-14-8(2)5-6-12/h8,14H,4-7H2,1-3H3. The highest BCUT2D eigenvalue weighted by Gasteiger charge is 2.13. The van der Waals surface area contributed by atoms with Gasteiger partial charge in [-0.25, -0.2) is 0 Å². The molecular weight excluding hydrogens is 245 g/mol. The fraction of sp³-hybridized carbons (Fsp3) is 0.727. The maximum absolute atomic E-state index is 6.24. The molecule has 92 valence electrons. The van der Waals surface area contributed by atoms with Crippen LogP contribution < -0.4 is 5.32 Å². The van der Waals surface area contributed by atoms with Crippen LogP contribution >= 0.6 is 23.2 Å². The third kappa shape index (κ3) is 3.37. The van der Waals surface area contributed by atoms with E-state index in [1.807, 2.05) is 11.7 Å². The minimum absolute atomic E-state index is 0.397. The van der Waals surface area contributed by atoms with E-state index in [4.69, 9.17) is 23.2 Å². The third-order valence-electron chi connectivity index (χ3n) is 2.66. The number of hydrogen-bond acceptors (Lipinski definition) is 2. The molecule has 3 nitrogen and oxygen atoms in total. The molecule has 1 rings (SSSR count). The summed E-state index contributed by atoms with van der Waals surface area (Å²) in [6.07, 6.45) is 1.82. The maximum atomic E-state index is 6.24. The second-order valence-corrected chi connectivity index (χ2v) is 4.70. The van der Waals surface area contributed by atoms with Crippen LogP contribution in [0.5, 0.6) is 0 Å². The monoisotopic (exact) mass is 263 g/mol. The van der Waals surface area contributed by atoms with E-state index in [9.17, 15) is 0 Å². The van der Waals surface area contributed by atoms with Crippen LogP contribution in [0.2, 0.25) is 5.02 Å². The zero-order valence-electron chi connectivity index (χ0n) is 10.1. The van der Waals surface area contributed by atoms with Crippen molar-refractivity contribution in [2.24, 2.45) is 7.05 Å². The van der Waals surface area contributed by atoms with Gasteiger partial charge in [0.15, 0.2) is 0 Å². The van der Waals surface area contributed by atoms with Gasteiger partial charge in [-0.15, -0.1) is 11.6 Å². The summed E-state index contributed by atoms with van der Waals surface area (Å²) < 4.78 is 1.85. The van der Waals surface area contributed by atoms with Crippen molar-refractivity contribution in [1.29, 1.82) is 0 Å². The van der Waals surface area contributed by atoms with Gasteiger partial charge in [0, 0.05) is 25.5 Å². The van der Waals surface area contributed by atoms with Crippen LogP contribution in [0.1, 0.15) is 31.7 Å². The Morgan fingerprint density at radius 2 is 2.19 bits per heavy atom. The predicted octanol–water partition coefficient (Wildman–Crippen LogP) is 2.74. The average Bonchev–Trinajstić information content (AvgIpc) is 2.52. The van der Waals surface area contributed by atoms with Crippen LogP contribution in [0.4, 0.5) is 0 Å². The highest BCUT2D eigenvalue weighted by atomic mass is 35.5. The maximum Gasteiger partial charge on any atom is 0.0863 e. The van der Waals surface area contributed by atoms with Gasteiger partial charge in [0.2, 0.25) is 0 Å². The molecule has 1 heterocycles. The lowest BCUT2D eigenvalue weighted by atomic mass is 10.2. The Kier molecular flexibility index (Phi) is 5.59. The van der Waals surface area contributed by atoms with Crippen molar-refractivity contribution in [3.05, 3.63) is 16.4 Å². The summed E-state index contributed by atoms with van der Waals surface area (Å²) in [5, 5.41) is 8.55. The second-order valence-electron chi connectivity index (χ2n) is 3.94. The first-order chi connectivity index (χ1) is 7.60. The number of hydrogen-bond donors (Lipinski definition) is 1. The molecule has 0 aromatic carbocycles. The van der Waals surface area contributed by atoms with E-state index in [1.165, 1.54) is 0 Å². The number of halogens is 2. The summed E-state index contributed by atoms with van der Waals surface area (Å²) in [5.41, 5.74) is 2.01. The van der Waals surface area contributed by atoms with E-state index >= 15 is 0 Å². The largest absolute Gasteiger partial charge is 0.309 e. The Bertz CT molecular complexity index is 336. The topological polar surface area (TPSA) is 29.9 Å². The van der Waals surface area contributed by atoms with E-state index in [1.54, 1.807) is 0 Å². The van der Waals surface area contributed by atoms with Gasteiger partial charge in [0.1, 0.15) is 0 Å². The Labute approximate surface area is 107 Å². The normalized spacial score (nSPS) is 13.1. The summed E-state index contributed by atoms with van der Waals surface area (Å²) in [5.74, 6) is 0.674. The number of nitrogens with zero attached hydrogens (tertiary/aromatic N) is 2. The molecule has 0 bridgehead atoms. The zero-order valence-corrected chi connectivity index (χ0v) is 11.6. The Morgan fingerprint density at radius 1 is 1.50 bits per heavy atom. The van der Waals surface area contributed by atoms with Crippen molar-refractivity contribution < 1.29 is 0 Å². The van der Waals surface area contributed by atoms with E-state index in [0.717, 1.165) is 35.8 Å². The second kappa shape index (κ2) is 6.48. The Balaban J connectivity index is 2.63. The lowest BCUT2D eigenvalue weighted by molar-refractivity contribution is 0.518. The first-order valence-corrected chi connectivity index (χ1v) is 6.51. The van der Waals surface area contributed by atoms with Crippen molar-refractivity contribution in [1.82, 2.24) is 15.1 Å². The molecule has 1 atom stereocenters. The van der Waals surface area contributed by atoms with Crippen molar-refractivity contribution in [2.45, 2.75) is 39.3 Å². The minimum Gasteiger partial charge on any atom is -0.309 e. The molecule has 1 N–H and O–H groups in total. The van der Waals surface area contributed by atoms with Crippen LogP contribution in [0.15, 0.2) is 0 Å². The van der Waals surface area contributed by atoms with E-state index < -0.39 is 0 Å². The molecule has 16 heavy (non-hydrogen) atoms. The molecule has 1 aromatic rings. The van der Waals surface area contributed by atoms with Gasteiger partial charge in [-0.3, -0.25) is 4.68 Å². The van der Waals surface area contributed by atoms with E-state index in [-0.39, 0.29) is 0 Å². The third-order valence-corrected chi connectivity index (χ3v) is 3.32. The van der Waals surface area contributed by atoms with Gasteiger partial charge in [0.05, 0.1) is 16.4 Å². The molecule has 1 unspecified atom stereocenters. The van der Waals surface area contributed by atoms with Crippen LogP contribution in [-0.2, 0) is 20.0 Å². The fourth-order valence-electron chi connectivity index (χ4n) is 1.55. The summed E-state index contributed by atoms with van der Waals surface area (Å²) >= 11 is 11.9. The smallest absolute Gasteiger partial charge is 0.0863 e. The molecular formula is C11H19Cl2N3. The molecule has 0 aliphatic carbocycles. The van der Waals surface area contributed by atoms with Crippen molar-refractivity contribution >= 4 is 23.2 Å². The van der Waals surface area contributed by atoms with Gasteiger partial charge < -0.3 is 5.32 Å². The summed E-state index contributed by atoms with van der Waals surface area (Å²) in [6.45, 7) is 4.91. The van der Waals surface area contributed by atoms with Gasteiger partial charge >= 0.3 is 0 Å². The van der Waals surface area contributed by atoms with E-state index in [0.29, 0.717) is 11.9 Å². The number of rotatable bonds is 6. The van der Waals surface area contributed by atoms with Crippen molar-refractivity contribution in [3.8, 4) is 0 Å². The fourth-order valence-corrected chi connectivity index (χ4v) is 2.24. The number of aromatic nitrogens is 2. The minimum atomic E-state index is 0.397. The molecule has 0 saturated heterocycles. The molecule has 5 heteroatoms. The average molecular weight is 264 g/mol. The molecule has 0 spiro atoms. The first kappa shape index (κ1) is 13.8. The van der Waals surface area contributed by atoms with Gasteiger partial charge in [0.25, 0.3) is 0 Å². The van der Waals surface area contributed by atoms with Crippen molar-refractivity contribution in [3.63, 3.8) is 0 Å². The summed E-state index contributed by atoms with van der Waals surface area (Å²) in [6, 6.07) is 0.397. The van der Waals surface area contributed by atoms with Gasteiger partial charge in [-0.05, 0) is 19.8 Å². The molecule has 0 radical (unpaired) electrons. The van der Waals surface area contributed by atoms with Gasteiger partial charge in [-0.2, -0.15) is 5.10 Å². The first-order valence-electron chi connectivity index (χ1n) is 5.59. The molecule has 0 amide bonds. The van der Waals surface area contributed by atoms with Crippen LogP contribution in [-0.4, -0.2) is 21.7 Å². The predicted molar refractivity (Wildman–Crippen MR) is 69.2 cm³/mol. The molecule has 0 fully saturated rings. The Morgan fingerprint density at radius 3 is 2.69 bits per heavy atom. The summed E-state index contributed by atoms with van der Waals surface area (Å²) in [7, 11) is 1.92. The van der Waals surface area contributed by atoms with Crippen LogP contribution in [0.25, 0.3) is 0 Å². The number of alkyl halides is 1. The van der Waals surface area contributed by atoms with Crippen LogP contribution in [0, 0.1) is 0 Å². The quantitative estimate of drug-likeness (QED) is 0.801. The highest BCUT2D eigenvalue weighted by Crippen LogP contribution is 2.20. The molecule has 0 aliphatic rings.